The molecule has 5 heteroatoms. The van der Waals surface area contributed by atoms with E-state index in [0.717, 1.165) is 0 Å². The molecule has 0 aliphatic rings. The molecule has 0 atom stereocenters. The van der Waals surface area contributed by atoms with Crippen LogP contribution >= 0.6 is 0 Å². The van der Waals surface area contributed by atoms with Gasteiger partial charge in [0.15, 0.2) is 5.75 Å². The summed E-state index contributed by atoms with van der Waals surface area (Å²) in [5.74, 6) is 0.755. The SMILES string of the molecule is Cc1nccc(Oc2cc(F)ccc2N)n1. The van der Waals surface area contributed by atoms with Crippen LogP contribution in [0.3, 0.4) is 0 Å². The molecule has 0 spiro atoms. The maximum absolute atomic E-state index is 13.0. The second kappa shape index (κ2) is 4.14. The second-order valence-corrected chi connectivity index (χ2v) is 3.23. The molecule has 0 saturated carbocycles. The van der Waals surface area contributed by atoms with E-state index in [9.17, 15) is 4.39 Å². The number of hydrogen-bond donors (Lipinski definition) is 1. The normalized spacial score (nSPS) is 10.1. The van der Waals surface area contributed by atoms with Crippen LogP contribution in [0.1, 0.15) is 5.82 Å². The fourth-order valence-corrected chi connectivity index (χ4v) is 1.20. The van der Waals surface area contributed by atoms with Crippen molar-refractivity contribution in [3.63, 3.8) is 0 Å². The molecular weight excluding hydrogens is 209 g/mol. The summed E-state index contributed by atoms with van der Waals surface area (Å²) in [5.41, 5.74) is 6.00. The third-order valence-electron chi connectivity index (χ3n) is 1.94. The minimum absolute atomic E-state index is 0.248. The van der Waals surface area contributed by atoms with E-state index < -0.39 is 5.82 Å². The minimum Gasteiger partial charge on any atom is -0.437 e. The lowest BCUT2D eigenvalue weighted by Crippen LogP contribution is -1.96. The molecule has 1 aromatic heterocycles. The van der Waals surface area contributed by atoms with Gasteiger partial charge in [0, 0.05) is 18.3 Å². The molecule has 0 saturated heterocycles. The first kappa shape index (κ1) is 10.4. The monoisotopic (exact) mass is 219 g/mol. The van der Waals surface area contributed by atoms with E-state index in [0.29, 0.717) is 17.4 Å². The zero-order valence-corrected chi connectivity index (χ0v) is 8.64. The highest BCUT2D eigenvalue weighted by Gasteiger charge is 2.05. The van der Waals surface area contributed by atoms with Gasteiger partial charge in [0.1, 0.15) is 11.6 Å². The molecule has 0 unspecified atom stereocenters. The number of halogens is 1. The third-order valence-corrected chi connectivity index (χ3v) is 1.94. The Morgan fingerprint density at radius 2 is 2.12 bits per heavy atom. The predicted molar refractivity (Wildman–Crippen MR) is 57.7 cm³/mol. The van der Waals surface area contributed by atoms with Crippen LogP contribution in [0, 0.1) is 12.7 Å². The van der Waals surface area contributed by atoms with Crippen molar-refractivity contribution >= 4 is 5.69 Å². The number of nitrogen functional groups attached to an aromatic ring is 1. The quantitative estimate of drug-likeness (QED) is 0.787. The lowest BCUT2D eigenvalue weighted by molar-refractivity contribution is 0.457. The van der Waals surface area contributed by atoms with Crippen molar-refractivity contribution in [2.45, 2.75) is 6.92 Å². The topological polar surface area (TPSA) is 61.0 Å². The van der Waals surface area contributed by atoms with Crippen molar-refractivity contribution < 1.29 is 9.13 Å². The van der Waals surface area contributed by atoms with Gasteiger partial charge in [0.25, 0.3) is 0 Å². The zero-order chi connectivity index (χ0) is 11.5. The Balaban J connectivity index is 2.30. The molecule has 0 aliphatic carbocycles. The average Bonchev–Trinajstić information content (AvgIpc) is 2.24. The van der Waals surface area contributed by atoms with Crippen LogP contribution in [-0.2, 0) is 0 Å². The molecule has 82 valence electrons. The lowest BCUT2D eigenvalue weighted by atomic mass is 10.3. The van der Waals surface area contributed by atoms with Crippen molar-refractivity contribution in [2.75, 3.05) is 5.73 Å². The lowest BCUT2D eigenvalue weighted by Gasteiger charge is -2.07. The highest BCUT2D eigenvalue weighted by atomic mass is 19.1. The second-order valence-electron chi connectivity index (χ2n) is 3.23. The molecule has 4 nitrogen and oxygen atoms in total. The van der Waals surface area contributed by atoms with Crippen LogP contribution < -0.4 is 10.5 Å². The van der Waals surface area contributed by atoms with E-state index in [-0.39, 0.29) is 5.75 Å². The summed E-state index contributed by atoms with van der Waals surface area (Å²) >= 11 is 0. The molecule has 0 fully saturated rings. The van der Waals surface area contributed by atoms with Gasteiger partial charge in [0.05, 0.1) is 5.69 Å². The summed E-state index contributed by atoms with van der Waals surface area (Å²) in [4.78, 5) is 7.95. The standard InChI is InChI=1S/C11H10FN3O/c1-7-14-5-4-11(15-7)16-10-6-8(12)2-3-9(10)13/h2-6H,13H2,1H3. The van der Waals surface area contributed by atoms with E-state index >= 15 is 0 Å². The van der Waals surface area contributed by atoms with E-state index in [1.54, 1.807) is 19.2 Å². The number of benzene rings is 1. The fraction of sp³-hybridized carbons (Fsp3) is 0.0909. The van der Waals surface area contributed by atoms with Gasteiger partial charge in [-0.2, -0.15) is 4.98 Å². The number of nitrogens with zero attached hydrogens (tertiary/aromatic N) is 2. The van der Waals surface area contributed by atoms with Gasteiger partial charge in [-0.15, -0.1) is 0 Å². The molecule has 1 aromatic carbocycles. The Kier molecular flexibility index (Phi) is 2.68. The molecule has 0 bridgehead atoms. The number of anilines is 1. The number of aromatic nitrogens is 2. The third kappa shape index (κ3) is 2.25. The molecule has 2 aromatic rings. The number of ether oxygens (including phenoxy) is 1. The van der Waals surface area contributed by atoms with Gasteiger partial charge in [0.2, 0.25) is 5.88 Å². The van der Waals surface area contributed by atoms with Gasteiger partial charge < -0.3 is 10.5 Å². The molecule has 2 N–H and O–H groups in total. The average molecular weight is 219 g/mol. The molecule has 1 heterocycles. The number of hydrogen-bond acceptors (Lipinski definition) is 4. The molecule has 0 radical (unpaired) electrons. The van der Waals surface area contributed by atoms with Crippen LogP contribution in [0.25, 0.3) is 0 Å². The van der Waals surface area contributed by atoms with E-state index in [2.05, 4.69) is 9.97 Å². The summed E-state index contributed by atoms with van der Waals surface area (Å²) in [6.07, 6.45) is 1.56. The molecule has 16 heavy (non-hydrogen) atoms. The molecular formula is C11H10FN3O. The first-order valence-corrected chi connectivity index (χ1v) is 4.67. The Morgan fingerprint density at radius 3 is 2.88 bits per heavy atom. The van der Waals surface area contributed by atoms with Crippen molar-refractivity contribution in [3.8, 4) is 11.6 Å². The number of aryl methyl sites for hydroxylation is 1. The van der Waals surface area contributed by atoms with Gasteiger partial charge >= 0.3 is 0 Å². The van der Waals surface area contributed by atoms with Gasteiger partial charge in [-0.25, -0.2) is 9.37 Å². The summed E-state index contributed by atoms with van der Waals surface area (Å²) < 4.78 is 18.3. The van der Waals surface area contributed by atoms with Crippen LogP contribution in [0.15, 0.2) is 30.5 Å². The summed E-state index contributed by atoms with van der Waals surface area (Å²) in [7, 11) is 0. The van der Waals surface area contributed by atoms with Crippen LogP contribution in [0.2, 0.25) is 0 Å². The van der Waals surface area contributed by atoms with Gasteiger partial charge in [-0.05, 0) is 19.1 Å². The highest BCUT2D eigenvalue weighted by Crippen LogP contribution is 2.26. The van der Waals surface area contributed by atoms with Crippen LogP contribution in [0.4, 0.5) is 10.1 Å². The fourth-order valence-electron chi connectivity index (χ4n) is 1.20. The molecule has 0 amide bonds. The molecule has 2 rings (SSSR count). The summed E-state index contributed by atoms with van der Waals surface area (Å²) in [5, 5.41) is 0. The smallest absolute Gasteiger partial charge is 0.222 e. The first-order chi connectivity index (χ1) is 7.65. The van der Waals surface area contributed by atoms with E-state index in [4.69, 9.17) is 10.5 Å². The maximum Gasteiger partial charge on any atom is 0.222 e. The Bertz CT molecular complexity index is 516. The predicted octanol–water partition coefficient (Wildman–Crippen LogP) is 2.30. The Morgan fingerprint density at radius 1 is 1.31 bits per heavy atom. The Labute approximate surface area is 91.9 Å². The largest absolute Gasteiger partial charge is 0.437 e. The van der Waals surface area contributed by atoms with Crippen molar-refractivity contribution in [3.05, 3.63) is 42.1 Å². The minimum atomic E-state index is -0.407. The van der Waals surface area contributed by atoms with Crippen molar-refractivity contribution in [1.82, 2.24) is 9.97 Å². The van der Waals surface area contributed by atoms with E-state index in [1.165, 1.54) is 18.2 Å². The van der Waals surface area contributed by atoms with Crippen molar-refractivity contribution in [2.24, 2.45) is 0 Å². The number of nitrogens with two attached hydrogens (primary N) is 1. The van der Waals surface area contributed by atoms with Crippen LogP contribution in [0.5, 0.6) is 11.6 Å². The van der Waals surface area contributed by atoms with Gasteiger partial charge in [-0.3, -0.25) is 0 Å². The summed E-state index contributed by atoms with van der Waals surface area (Å²) in [6, 6.07) is 5.51. The first-order valence-electron chi connectivity index (χ1n) is 4.67. The number of rotatable bonds is 2. The Hall–Kier alpha value is -2.17. The van der Waals surface area contributed by atoms with Crippen molar-refractivity contribution in [1.29, 1.82) is 0 Å². The highest BCUT2D eigenvalue weighted by molar-refractivity contribution is 5.53. The maximum atomic E-state index is 13.0. The van der Waals surface area contributed by atoms with Crippen LogP contribution in [-0.4, -0.2) is 9.97 Å². The zero-order valence-electron chi connectivity index (χ0n) is 8.64. The molecule has 0 aliphatic heterocycles. The summed E-state index contributed by atoms with van der Waals surface area (Å²) in [6.45, 7) is 1.74. The van der Waals surface area contributed by atoms with E-state index in [1.807, 2.05) is 0 Å². The van der Waals surface area contributed by atoms with Gasteiger partial charge in [-0.1, -0.05) is 0 Å².